The van der Waals surface area contributed by atoms with E-state index in [-0.39, 0.29) is 75.1 Å². The van der Waals surface area contributed by atoms with Gasteiger partial charge in [0.1, 0.15) is 0 Å². The maximum absolute atomic E-state index is 0. The predicted molar refractivity (Wildman–Crippen MR) is 27.0 cm³/mol. The van der Waals surface area contributed by atoms with E-state index < -0.39 is 0 Å². The largest absolute Gasteiger partial charge is 0.0125 e. The van der Waals surface area contributed by atoms with Gasteiger partial charge in [0.2, 0.25) is 0 Å². The molecule has 0 aromatic heterocycles. The SMILES string of the molecule is [AlH3].[PbH].[SiH3].[Zn]. The summed E-state index contributed by atoms with van der Waals surface area (Å²) in [5.74, 6) is 0. The Morgan fingerprint density at radius 2 is 1.00 bits per heavy atom. The Morgan fingerprint density at radius 3 is 1.00 bits per heavy atom. The predicted octanol–water partition coefficient (Wildman–Crippen LogP) is -3.02. The molecule has 0 aliphatic rings. The minimum atomic E-state index is 0. The van der Waals surface area contributed by atoms with Crippen molar-refractivity contribution in [3.8, 4) is 0 Å². The van der Waals surface area contributed by atoms with Gasteiger partial charge in [-0.15, -0.1) is 0 Å². The van der Waals surface area contributed by atoms with Gasteiger partial charge in [0.05, 0.1) is 0 Å². The molecule has 0 fully saturated rings. The van der Waals surface area contributed by atoms with Gasteiger partial charge in [-0.25, -0.2) is 0 Å². The van der Waals surface area contributed by atoms with Crippen LogP contribution < -0.4 is 0 Å². The molecule has 20 valence electrons. The molecule has 4 heavy (non-hydrogen) atoms. The van der Waals surface area contributed by atoms with Gasteiger partial charge in [-0.05, 0) is 11.0 Å². The molecule has 0 saturated heterocycles. The molecule has 0 N–H and O–H groups in total. The van der Waals surface area contributed by atoms with Gasteiger partial charge in [0.25, 0.3) is 0 Å². The van der Waals surface area contributed by atoms with E-state index in [0.717, 1.165) is 0 Å². The summed E-state index contributed by atoms with van der Waals surface area (Å²) >= 11 is 0. The van der Waals surface area contributed by atoms with Crippen LogP contribution in [0.4, 0.5) is 0 Å². The van der Waals surface area contributed by atoms with Crippen LogP contribution in [0.1, 0.15) is 0 Å². The van der Waals surface area contributed by atoms with Gasteiger partial charge < -0.3 is 0 Å². The Bertz CT molecular complexity index is 8.00. The summed E-state index contributed by atoms with van der Waals surface area (Å²) in [6, 6.07) is 0. The quantitative estimate of drug-likeness (QED) is 0.414. The normalized spacial score (nSPS) is 0. The van der Waals surface area contributed by atoms with Crippen molar-refractivity contribution in [1.29, 1.82) is 0 Å². The van der Waals surface area contributed by atoms with Crippen molar-refractivity contribution in [2.45, 2.75) is 0 Å². The second-order valence-corrected chi connectivity index (χ2v) is 0. The molecule has 0 rings (SSSR count). The Hall–Kier alpha value is 2.29. The second kappa shape index (κ2) is 18.5. The van der Waals surface area contributed by atoms with E-state index in [0.29, 0.717) is 0 Å². The van der Waals surface area contributed by atoms with Crippen LogP contribution in [0, 0.1) is 0 Å². The molecule has 0 unspecified atom stereocenters. The van der Waals surface area contributed by atoms with Crippen LogP contribution in [0.2, 0.25) is 0 Å². The van der Waals surface area contributed by atoms with Crippen molar-refractivity contribution < 1.29 is 19.5 Å². The zero-order valence-electron chi connectivity index (χ0n) is 2.28. The molecule has 4 radical (unpaired) electrons. The zero-order chi connectivity index (χ0) is 0. The zero-order valence-corrected chi connectivity index (χ0v) is 11.7. The summed E-state index contributed by atoms with van der Waals surface area (Å²) < 4.78 is 0. The number of hydrogen-bond acceptors (Lipinski definition) is 0. The molecule has 0 aromatic rings. The van der Waals surface area contributed by atoms with Gasteiger partial charge in [-0.3, -0.25) is 0 Å². The molecule has 0 aromatic carbocycles. The first-order valence-electron chi connectivity index (χ1n) is 0. The maximum atomic E-state index is 0. The van der Waals surface area contributed by atoms with Crippen molar-refractivity contribution in [3.05, 3.63) is 0 Å². The third-order valence-electron chi connectivity index (χ3n) is 0. The van der Waals surface area contributed by atoms with Crippen LogP contribution in [0.5, 0.6) is 0 Å². The third kappa shape index (κ3) is 8.85. The van der Waals surface area contributed by atoms with E-state index in [1.807, 2.05) is 0 Å². The Kier molecular flexibility index (Phi) is 155. The summed E-state index contributed by atoms with van der Waals surface area (Å²) in [7, 11) is 0. The van der Waals surface area contributed by atoms with Crippen molar-refractivity contribution >= 4 is 55.6 Å². The summed E-state index contributed by atoms with van der Waals surface area (Å²) in [6.45, 7) is 0. The molecule has 0 aliphatic carbocycles. The minimum absolute atomic E-state index is 0. The molecule has 0 aliphatic heterocycles. The third-order valence-corrected chi connectivity index (χ3v) is 0. The van der Waals surface area contributed by atoms with Crippen molar-refractivity contribution in [2.24, 2.45) is 0 Å². The monoisotopic (exact) mass is 334 g/mol. The van der Waals surface area contributed by atoms with Crippen LogP contribution in [0.15, 0.2) is 0 Å². The Morgan fingerprint density at radius 1 is 1.00 bits per heavy atom. The smallest absolute Gasteiger partial charge is 0 e. The summed E-state index contributed by atoms with van der Waals surface area (Å²) in [5, 5.41) is 0. The molecular weight excluding hydrogens is 328 g/mol. The van der Waals surface area contributed by atoms with Crippen molar-refractivity contribution in [2.75, 3.05) is 0 Å². The molecule has 0 atom stereocenters. The summed E-state index contributed by atoms with van der Waals surface area (Å²) in [6.07, 6.45) is 0. The topological polar surface area (TPSA) is 0 Å². The molecule has 0 saturated carbocycles. The van der Waals surface area contributed by atoms with Gasteiger partial charge in [0.15, 0.2) is 17.4 Å². The first kappa shape index (κ1) is 33.5. The van der Waals surface area contributed by atoms with Crippen LogP contribution in [0.3, 0.4) is 0 Å². The van der Waals surface area contributed by atoms with E-state index in [1.165, 1.54) is 0 Å². The summed E-state index contributed by atoms with van der Waals surface area (Å²) in [4.78, 5) is 0. The fraction of sp³-hybridized carbons (Fsp3) is 0. The van der Waals surface area contributed by atoms with Crippen LogP contribution in [0.25, 0.3) is 0 Å². The van der Waals surface area contributed by atoms with Crippen molar-refractivity contribution in [1.82, 2.24) is 0 Å². The van der Waals surface area contributed by atoms with E-state index >= 15 is 0 Å². The van der Waals surface area contributed by atoms with E-state index in [9.17, 15) is 0 Å². The maximum Gasteiger partial charge on any atom is 0 e. The fourth-order valence-corrected chi connectivity index (χ4v) is 0. The standard InChI is InChI=1S/Al.Pb.H3Si.Zn.4H/h;;1H3;;;;;. The van der Waals surface area contributed by atoms with E-state index in [2.05, 4.69) is 0 Å². The van der Waals surface area contributed by atoms with Gasteiger partial charge in [-0.2, -0.15) is 0 Å². The molecule has 0 heterocycles. The van der Waals surface area contributed by atoms with E-state index in [1.54, 1.807) is 0 Å². The average Bonchev–Trinajstić information content (AvgIpc) is 0. The molecular formula is H7AlPbSiZn. The van der Waals surface area contributed by atoms with Crippen molar-refractivity contribution in [3.63, 3.8) is 0 Å². The first-order valence-corrected chi connectivity index (χ1v) is 0. The van der Waals surface area contributed by atoms with E-state index in [4.69, 9.17) is 0 Å². The fourth-order valence-electron chi connectivity index (χ4n) is 0. The van der Waals surface area contributed by atoms with Gasteiger partial charge in [-0.1, -0.05) is 0 Å². The molecule has 0 spiro atoms. The van der Waals surface area contributed by atoms with Gasteiger partial charge >= 0.3 is 27.3 Å². The Balaban J connectivity index is 0. The van der Waals surface area contributed by atoms with Crippen LogP contribution in [-0.2, 0) is 19.5 Å². The molecule has 0 nitrogen and oxygen atoms in total. The number of rotatable bonds is 0. The Labute approximate surface area is 74.2 Å². The van der Waals surface area contributed by atoms with Crippen LogP contribution >= 0.6 is 0 Å². The molecule has 0 amide bonds. The van der Waals surface area contributed by atoms with Gasteiger partial charge in [0, 0.05) is 19.5 Å². The molecule has 4 heteroatoms. The number of hydrogen-bond donors (Lipinski definition) is 0. The average molecular weight is 335 g/mol. The minimum Gasteiger partial charge on any atom is -0.0125 e. The second-order valence-electron chi connectivity index (χ2n) is 0. The molecule has 0 bridgehead atoms. The summed E-state index contributed by atoms with van der Waals surface area (Å²) in [5.41, 5.74) is 0. The van der Waals surface area contributed by atoms with Crippen LogP contribution in [-0.4, -0.2) is 55.6 Å². The first-order chi connectivity index (χ1) is 0.